The second-order valence-electron chi connectivity index (χ2n) is 2.73. The Morgan fingerprint density at radius 1 is 1.67 bits per heavy atom. The summed E-state index contributed by atoms with van der Waals surface area (Å²) in [7, 11) is 0. The number of carbonyl (C=O) groups is 1. The van der Waals surface area contributed by atoms with E-state index in [2.05, 4.69) is 11.9 Å². The Kier molecular flexibility index (Phi) is 6.84. The van der Waals surface area contributed by atoms with Crippen molar-refractivity contribution in [1.82, 2.24) is 0 Å². The van der Waals surface area contributed by atoms with Crippen LogP contribution in [0.15, 0.2) is 0 Å². The molecule has 0 rings (SSSR count). The van der Waals surface area contributed by atoms with Gasteiger partial charge in [0.25, 0.3) is 0 Å². The molecule has 0 radical (unpaired) electrons. The van der Waals surface area contributed by atoms with Crippen molar-refractivity contribution >= 4 is 20.9 Å². The van der Waals surface area contributed by atoms with Gasteiger partial charge in [-0.2, -0.15) is 0 Å². The third kappa shape index (κ3) is 7.58. The van der Waals surface area contributed by atoms with E-state index in [1.165, 1.54) is 0 Å². The van der Waals surface area contributed by atoms with Crippen molar-refractivity contribution in [2.24, 2.45) is 5.73 Å². The molecule has 0 aliphatic heterocycles. The van der Waals surface area contributed by atoms with Gasteiger partial charge in [0, 0.05) is 0 Å². The van der Waals surface area contributed by atoms with E-state index >= 15 is 0 Å². The molecule has 0 aliphatic carbocycles. The van der Waals surface area contributed by atoms with Crippen LogP contribution in [0.4, 0.5) is 0 Å². The molecule has 0 saturated carbocycles. The molecule has 0 saturated heterocycles. The Morgan fingerprint density at radius 3 is 2.83 bits per heavy atom. The maximum absolute atomic E-state index is 10.3. The summed E-state index contributed by atoms with van der Waals surface area (Å²) in [6.45, 7) is 2.08. The first-order valence-corrected chi connectivity index (χ1v) is 5.84. The molecule has 3 nitrogen and oxygen atoms in total. The first-order chi connectivity index (χ1) is 5.66. The normalized spacial score (nSPS) is 12.0. The molecule has 12 heavy (non-hydrogen) atoms. The third-order valence-electron chi connectivity index (χ3n) is 1.54. The van der Waals surface area contributed by atoms with E-state index in [1.54, 1.807) is 0 Å². The molecular weight excluding hydrogens is 219 g/mol. The zero-order valence-corrected chi connectivity index (χ0v) is 8.96. The Bertz CT molecular complexity index is 176. The molecule has 1 amide bonds. The molecule has 0 aromatic carbocycles. The monoisotopic (exact) mass is 234 g/mol. The van der Waals surface area contributed by atoms with Gasteiger partial charge in [-0.3, -0.25) is 0 Å². The van der Waals surface area contributed by atoms with Crippen molar-refractivity contribution < 1.29 is 4.79 Å². The van der Waals surface area contributed by atoms with Crippen molar-refractivity contribution in [2.75, 3.05) is 0 Å². The number of hydrogen-bond acceptors (Lipinski definition) is 2. The Labute approximate surface area is 79.5 Å². The number of nitrogens with zero attached hydrogens (tertiary/aromatic N) is 1. The number of hydrogen-bond donors (Lipinski definition) is 1. The van der Waals surface area contributed by atoms with E-state index in [-0.39, 0.29) is 20.9 Å². The van der Waals surface area contributed by atoms with Crippen LogP contribution in [-0.4, -0.2) is 20.9 Å². The summed E-state index contributed by atoms with van der Waals surface area (Å²) in [5.41, 5.74) is 4.98. The van der Waals surface area contributed by atoms with Crippen LogP contribution in [0.25, 0.3) is 0 Å². The summed E-state index contributed by atoms with van der Waals surface area (Å²) < 4.78 is 0. The van der Waals surface area contributed by atoms with Crippen LogP contribution in [0, 0.1) is 10.2 Å². The Balaban J connectivity index is 3.20. The van der Waals surface area contributed by atoms with E-state index in [1.807, 2.05) is 0 Å². The molecule has 4 heteroatoms. The first kappa shape index (κ1) is 11.5. The summed E-state index contributed by atoms with van der Waals surface area (Å²) in [5, 5.41) is 8.39. The quantitative estimate of drug-likeness (QED) is 0.550. The maximum atomic E-state index is 10.3. The summed E-state index contributed by atoms with van der Waals surface area (Å²) in [5.74, 6) is -0.228. The van der Waals surface area contributed by atoms with Gasteiger partial charge in [0.15, 0.2) is 0 Å². The van der Waals surface area contributed by atoms with Crippen LogP contribution in [0.2, 0.25) is 4.82 Å². The van der Waals surface area contributed by atoms with Crippen LogP contribution in [-0.2, 0) is 4.79 Å². The molecule has 1 unspecified atom stereocenters. The van der Waals surface area contributed by atoms with Crippen molar-refractivity contribution in [2.45, 2.75) is 37.4 Å². The minimum atomic E-state index is -0.228. The molecule has 0 bridgehead atoms. The summed E-state index contributed by atoms with van der Waals surface area (Å²) in [6, 6.07) is 0. The fraction of sp³-hybridized carbons (Fsp3) is 0.750. The van der Waals surface area contributed by atoms with E-state index < -0.39 is 0 Å². The predicted molar refractivity (Wildman–Crippen MR) is 48.5 cm³/mol. The number of amides is 1. The zero-order chi connectivity index (χ0) is 9.40. The van der Waals surface area contributed by atoms with E-state index in [0.29, 0.717) is 11.2 Å². The van der Waals surface area contributed by atoms with Crippen LogP contribution in [0.5, 0.6) is 0 Å². The molecule has 0 fully saturated rings. The summed E-state index contributed by atoms with van der Waals surface area (Å²) in [6.07, 6.45) is 3.39. The Morgan fingerprint density at radius 2 is 2.33 bits per heavy atom. The predicted octanol–water partition coefficient (Wildman–Crippen LogP) is 1.03. The second-order valence-corrected chi connectivity index (χ2v) is 5.30. The van der Waals surface area contributed by atoms with E-state index in [9.17, 15) is 4.79 Å². The standard InChI is InChI=1S/C8H14N2OSe/c1-7(12-6-9)4-2-3-5-8(10)11/h7H,2-5H2,1H3,(H2,10,11). The zero-order valence-electron chi connectivity index (χ0n) is 7.25. The van der Waals surface area contributed by atoms with Gasteiger partial charge in [0.1, 0.15) is 0 Å². The average molecular weight is 233 g/mol. The van der Waals surface area contributed by atoms with Crippen LogP contribution in [0.3, 0.4) is 0 Å². The van der Waals surface area contributed by atoms with Crippen LogP contribution < -0.4 is 5.73 Å². The Hall–Kier alpha value is -0.521. The molecule has 0 aliphatic rings. The SMILES string of the molecule is CC(CCCCC(N)=O)[Se]C#N. The van der Waals surface area contributed by atoms with Crippen molar-refractivity contribution in [3.63, 3.8) is 0 Å². The van der Waals surface area contributed by atoms with Crippen LogP contribution in [0.1, 0.15) is 32.6 Å². The topological polar surface area (TPSA) is 66.9 Å². The van der Waals surface area contributed by atoms with Gasteiger partial charge in [-0.1, -0.05) is 0 Å². The van der Waals surface area contributed by atoms with E-state index in [4.69, 9.17) is 11.0 Å². The molecular formula is C8H14N2OSe. The molecule has 0 aromatic heterocycles. The van der Waals surface area contributed by atoms with Crippen LogP contribution >= 0.6 is 0 Å². The van der Waals surface area contributed by atoms with Gasteiger partial charge in [-0.25, -0.2) is 0 Å². The minimum absolute atomic E-state index is 0.104. The number of nitriles is 1. The first-order valence-electron chi connectivity index (χ1n) is 4.00. The van der Waals surface area contributed by atoms with Gasteiger partial charge in [0.2, 0.25) is 0 Å². The third-order valence-corrected chi connectivity index (χ3v) is 3.10. The van der Waals surface area contributed by atoms with Gasteiger partial charge in [-0.05, 0) is 0 Å². The molecule has 0 spiro atoms. The average Bonchev–Trinajstić information content (AvgIpc) is 1.98. The number of rotatable bonds is 6. The summed E-state index contributed by atoms with van der Waals surface area (Å²) >= 11 is 0.104. The number of primary amides is 1. The van der Waals surface area contributed by atoms with Crippen molar-refractivity contribution in [1.29, 1.82) is 5.26 Å². The van der Waals surface area contributed by atoms with Gasteiger partial charge in [0.05, 0.1) is 0 Å². The number of nitrogens with two attached hydrogens (primary N) is 1. The fourth-order valence-electron chi connectivity index (χ4n) is 0.880. The van der Waals surface area contributed by atoms with E-state index in [0.717, 1.165) is 19.3 Å². The van der Waals surface area contributed by atoms with Crippen molar-refractivity contribution in [3.05, 3.63) is 0 Å². The summed E-state index contributed by atoms with van der Waals surface area (Å²) in [4.78, 5) is 13.0. The van der Waals surface area contributed by atoms with Gasteiger partial charge < -0.3 is 0 Å². The van der Waals surface area contributed by atoms with Gasteiger partial charge in [-0.15, -0.1) is 0 Å². The van der Waals surface area contributed by atoms with Gasteiger partial charge >= 0.3 is 79.0 Å². The molecule has 1 atom stereocenters. The fourth-order valence-corrected chi connectivity index (χ4v) is 1.85. The molecule has 68 valence electrons. The van der Waals surface area contributed by atoms with Crippen molar-refractivity contribution in [3.8, 4) is 4.97 Å². The molecule has 0 heterocycles. The number of unbranched alkanes of at least 4 members (excludes halogenated alkanes) is 1. The molecule has 2 N–H and O–H groups in total. The second kappa shape index (κ2) is 7.15. The molecule has 0 aromatic rings. The number of carbonyl (C=O) groups excluding carboxylic acids is 1.